The van der Waals surface area contributed by atoms with Crippen LogP contribution in [-0.2, 0) is 22.6 Å². The zero-order valence-electron chi connectivity index (χ0n) is 15.1. The maximum atomic E-state index is 12.5. The van der Waals surface area contributed by atoms with Crippen LogP contribution in [0.4, 0.5) is 0 Å². The molecular formula is C21H22N2O4. The predicted octanol–water partition coefficient (Wildman–Crippen LogP) is 2.54. The fourth-order valence-electron chi connectivity index (χ4n) is 3.51. The first-order valence-corrected chi connectivity index (χ1v) is 8.89. The third kappa shape index (κ3) is 4.34. The van der Waals surface area contributed by atoms with Crippen LogP contribution in [0.5, 0.6) is 0 Å². The van der Waals surface area contributed by atoms with Gasteiger partial charge in [-0.2, -0.15) is 0 Å². The molecule has 0 radical (unpaired) electrons. The maximum Gasteiger partial charge on any atom is 0.335 e. The summed E-state index contributed by atoms with van der Waals surface area (Å²) in [5.41, 5.74) is 3.09. The van der Waals surface area contributed by atoms with Gasteiger partial charge in [0.05, 0.1) is 18.0 Å². The molecule has 2 N–H and O–H groups in total. The molecule has 0 bridgehead atoms. The molecule has 0 aliphatic carbocycles. The van der Waals surface area contributed by atoms with Gasteiger partial charge >= 0.3 is 5.97 Å². The number of hydrogen-bond donors (Lipinski definition) is 2. The van der Waals surface area contributed by atoms with E-state index in [4.69, 9.17) is 5.11 Å². The lowest BCUT2D eigenvalue weighted by atomic mass is 9.90. The molecule has 0 saturated carbocycles. The fraction of sp³-hybridized carbons (Fsp3) is 0.286. The van der Waals surface area contributed by atoms with Crippen molar-refractivity contribution < 1.29 is 19.5 Å². The van der Waals surface area contributed by atoms with E-state index >= 15 is 0 Å². The SMILES string of the molecule is CC(=O)N1CCc2ccccc2[C@@H]1CC(=O)NCc1cccc(C(=O)O)c1. The minimum absolute atomic E-state index is 0.0449. The van der Waals surface area contributed by atoms with Crippen molar-refractivity contribution in [2.24, 2.45) is 0 Å². The van der Waals surface area contributed by atoms with Gasteiger partial charge in [-0.25, -0.2) is 4.79 Å². The van der Waals surface area contributed by atoms with Crippen LogP contribution in [0.15, 0.2) is 48.5 Å². The van der Waals surface area contributed by atoms with Gasteiger partial charge in [-0.3, -0.25) is 9.59 Å². The second-order valence-electron chi connectivity index (χ2n) is 6.66. The van der Waals surface area contributed by atoms with E-state index in [1.807, 2.05) is 24.3 Å². The van der Waals surface area contributed by atoms with Crippen molar-refractivity contribution in [3.05, 3.63) is 70.8 Å². The molecule has 3 rings (SSSR count). The summed E-state index contributed by atoms with van der Waals surface area (Å²) < 4.78 is 0. The molecule has 0 saturated heterocycles. The standard InChI is InChI=1S/C21H22N2O4/c1-14(24)23-10-9-16-6-2-3-8-18(16)19(23)12-20(25)22-13-15-5-4-7-17(11-15)21(26)27/h2-8,11,19H,9-10,12-13H2,1H3,(H,22,25)(H,26,27)/t19-/m0/s1. The van der Waals surface area contributed by atoms with E-state index in [0.717, 1.165) is 17.5 Å². The van der Waals surface area contributed by atoms with Crippen molar-refractivity contribution in [3.8, 4) is 0 Å². The topological polar surface area (TPSA) is 86.7 Å². The van der Waals surface area contributed by atoms with Crippen molar-refractivity contribution in [2.45, 2.75) is 32.4 Å². The number of carboxylic acids is 1. The number of fused-ring (bicyclic) bond motifs is 1. The number of nitrogens with one attached hydrogen (secondary N) is 1. The Morgan fingerprint density at radius 3 is 2.67 bits per heavy atom. The molecular weight excluding hydrogens is 344 g/mol. The highest BCUT2D eigenvalue weighted by atomic mass is 16.4. The molecule has 1 aliphatic heterocycles. The lowest BCUT2D eigenvalue weighted by molar-refractivity contribution is -0.133. The van der Waals surface area contributed by atoms with Crippen LogP contribution in [0.2, 0.25) is 0 Å². The van der Waals surface area contributed by atoms with Crippen LogP contribution >= 0.6 is 0 Å². The molecule has 6 nitrogen and oxygen atoms in total. The van der Waals surface area contributed by atoms with E-state index in [-0.39, 0.29) is 36.4 Å². The average Bonchev–Trinajstić information content (AvgIpc) is 2.66. The summed E-state index contributed by atoms with van der Waals surface area (Å²) in [5, 5.41) is 11.9. The lowest BCUT2D eigenvalue weighted by Gasteiger charge is -2.36. The summed E-state index contributed by atoms with van der Waals surface area (Å²) in [7, 11) is 0. The number of nitrogens with zero attached hydrogens (tertiary/aromatic N) is 1. The van der Waals surface area contributed by atoms with Crippen molar-refractivity contribution >= 4 is 17.8 Å². The van der Waals surface area contributed by atoms with Crippen LogP contribution in [0.1, 0.15) is 46.4 Å². The third-order valence-corrected chi connectivity index (χ3v) is 4.86. The monoisotopic (exact) mass is 366 g/mol. The van der Waals surface area contributed by atoms with Crippen molar-refractivity contribution in [1.29, 1.82) is 0 Å². The Morgan fingerprint density at radius 1 is 1.15 bits per heavy atom. The Kier molecular flexibility index (Phi) is 5.54. The number of carbonyl (C=O) groups excluding carboxylic acids is 2. The molecule has 0 aromatic heterocycles. The van der Waals surface area contributed by atoms with Crippen LogP contribution in [0.25, 0.3) is 0 Å². The molecule has 140 valence electrons. The summed E-state index contributed by atoms with van der Waals surface area (Å²) in [6.45, 7) is 2.37. The molecule has 1 aliphatic rings. The van der Waals surface area contributed by atoms with Gasteiger partial charge in [0.1, 0.15) is 0 Å². The highest BCUT2D eigenvalue weighted by Gasteiger charge is 2.30. The van der Waals surface area contributed by atoms with Crippen LogP contribution < -0.4 is 5.32 Å². The van der Waals surface area contributed by atoms with Crippen LogP contribution in [0, 0.1) is 0 Å². The van der Waals surface area contributed by atoms with Gasteiger partial charge in [0.15, 0.2) is 0 Å². The maximum absolute atomic E-state index is 12.5. The van der Waals surface area contributed by atoms with Crippen molar-refractivity contribution in [3.63, 3.8) is 0 Å². The molecule has 1 atom stereocenters. The van der Waals surface area contributed by atoms with Gasteiger partial charge in [0.2, 0.25) is 11.8 Å². The molecule has 1 heterocycles. The molecule has 2 aromatic rings. The first kappa shape index (κ1) is 18.6. The number of rotatable bonds is 5. The normalized spacial score (nSPS) is 15.7. The highest BCUT2D eigenvalue weighted by molar-refractivity contribution is 5.87. The number of amides is 2. The van der Waals surface area contributed by atoms with E-state index in [1.165, 1.54) is 18.6 Å². The summed E-state index contributed by atoms with van der Waals surface area (Å²) in [6.07, 6.45) is 0.963. The van der Waals surface area contributed by atoms with E-state index in [1.54, 1.807) is 23.1 Å². The number of aromatic carboxylic acids is 1. The van der Waals surface area contributed by atoms with Crippen LogP contribution in [0.3, 0.4) is 0 Å². The highest BCUT2D eigenvalue weighted by Crippen LogP contribution is 2.32. The van der Waals surface area contributed by atoms with Crippen molar-refractivity contribution in [2.75, 3.05) is 6.54 Å². The van der Waals surface area contributed by atoms with Gasteiger partial charge in [0, 0.05) is 20.0 Å². The predicted molar refractivity (Wildman–Crippen MR) is 100 cm³/mol. The summed E-state index contributed by atoms with van der Waals surface area (Å²) >= 11 is 0. The Balaban J connectivity index is 1.69. The Hall–Kier alpha value is -3.15. The van der Waals surface area contributed by atoms with Gasteiger partial charge in [-0.15, -0.1) is 0 Å². The molecule has 0 spiro atoms. The van der Waals surface area contributed by atoms with Gasteiger partial charge in [0.25, 0.3) is 0 Å². The summed E-state index contributed by atoms with van der Waals surface area (Å²) in [5.74, 6) is -1.22. The second-order valence-corrected chi connectivity index (χ2v) is 6.66. The number of carboxylic acid groups (broad SMARTS) is 1. The van der Waals surface area contributed by atoms with Crippen molar-refractivity contribution in [1.82, 2.24) is 10.2 Å². The van der Waals surface area contributed by atoms with Gasteiger partial charge in [-0.05, 0) is 35.2 Å². The molecule has 0 unspecified atom stereocenters. The number of benzene rings is 2. The minimum atomic E-state index is -1.00. The smallest absolute Gasteiger partial charge is 0.335 e. The molecule has 2 amide bonds. The van der Waals surface area contributed by atoms with Crippen LogP contribution in [-0.4, -0.2) is 34.3 Å². The largest absolute Gasteiger partial charge is 0.478 e. The van der Waals surface area contributed by atoms with Gasteiger partial charge in [-0.1, -0.05) is 36.4 Å². The van der Waals surface area contributed by atoms with E-state index in [9.17, 15) is 14.4 Å². The molecule has 0 fully saturated rings. The van der Waals surface area contributed by atoms with E-state index in [0.29, 0.717) is 6.54 Å². The summed E-state index contributed by atoms with van der Waals surface area (Å²) in [4.78, 5) is 37.3. The first-order chi connectivity index (χ1) is 13.0. The lowest BCUT2D eigenvalue weighted by Crippen LogP contribution is -2.41. The molecule has 6 heteroatoms. The zero-order valence-corrected chi connectivity index (χ0v) is 15.1. The third-order valence-electron chi connectivity index (χ3n) is 4.86. The Labute approximate surface area is 157 Å². The number of hydrogen-bond acceptors (Lipinski definition) is 3. The molecule has 27 heavy (non-hydrogen) atoms. The van der Waals surface area contributed by atoms with E-state index < -0.39 is 5.97 Å². The minimum Gasteiger partial charge on any atom is -0.478 e. The average molecular weight is 366 g/mol. The Morgan fingerprint density at radius 2 is 1.93 bits per heavy atom. The summed E-state index contributed by atoms with van der Waals surface area (Å²) in [6, 6.07) is 14.1. The number of carbonyl (C=O) groups is 3. The second kappa shape index (κ2) is 8.03. The zero-order chi connectivity index (χ0) is 19.4. The van der Waals surface area contributed by atoms with Gasteiger partial charge < -0.3 is 15.3 Å². The quantitative estimate of drug-likeness (QED) is 0.851. The Bertz CT molecular complexity index is 878. The fourth-order valence-corrected chi connectivity index (χ4v) is 3.51. The first-order valence-electron chi connectivity index (χ1n) is 8.89. The van der Waals surface area contributed by atoms with E-state index in [2.05, 4.69) is 5.32 Å². The molecule has 2 aromatic carbocycles.